The molecule has 1 aliphatic carbocycles. The van der Waals surface area contributed by atoms with Gasteiger partial charge in [-0.25, -0.2) is 4.79 Å². The van der Waals surface area contributed by atoms with Gasteiger partial charge < -0.3 is 15.2 Å². The van der Waals surface area contributed by atoms with Crippen molar-refractivity contribution in [2.45, 2.75) is 45.8 Å². The Balaban J connectivity index is 1.66. The summed E-state index contributed by atoms with van der Waals surface area (Å²) in [6.07, 6.45) is 2.36. The van der Waals surface area contributed by atoms with Crippen molar-refractivity contribution in [3.63, 3.8) is 0 Å². The highest BCUT2D eigenvalue weighted by atomic mass is 35.5. The molecule has 1 amide bonds. The van der Waals surface area contributed by atoms with Gasteiger partial charge in [-0.15, -0.1) is 0 Å². The van der Waals surface area contributed by atoms with Gasteiger partial charge in [0.1, 0.15) is 5.75 Å². The Morgan fingerprint density at radius 2 is 1.91 bits per heavy atom. The third-order valence-electron chi connectivity index (χ3n) is 5.31. The third kappa shape index (κ3) is 6.86. The normalized spacial score (nSPS) is 13.8. The Kier molecular flexibility index (Phi) is 7.70. The predicted molar refractivity (Wildman–Crippen MR) is 127 cm³/mol. The molecule has 2 aromatic rings. The molecule has 0 unspecified atom stereocenters. The maximum absolute atomic E-state index is 12.7. The van der Waals surface area contributed by atoms with E-state index in [-0.39, 0.29) is 12.5 Å². The van der Waals surface area contributed by atoms with Crippen LogP contribution < -0.4 is 10.1 Å². The summed E-state index contributed by atoms with van der Waals surface area (Å²) in [7, 11) is 0. The number of amides is 1. The molecule has 0 radical (unpaired) electrons. The van der Waals surface area contributed by atoms with Gasteiger partial charge in [-0.05, 0) is 74.9 Å². The largest absolute Gasteiger partial charge is 0.478 e. The molecule has 172 valence electrons. The first-order valence-corrected chi connectivity index (χ1v) is 11.3. The molecule has 3 rings (SSSR count). The molecule has 1 fully saturated rings. The molecule has 1 saturated carbocycles. The summed E-state index contributed by atoms with van der Waals surface area (Å²) >= 11 is 12.1. The predicted octanol–water partition coefficient (Wildman–Crippen LogP) is 5.39. The van der Waals surface area contributed by atoms with Crippen LogP contribution in [0, 0.1) is 12.8 Å². The van der Waals surface area contributed by atoms with Crippen LogP contribution in [0.5, 0.6) is 5.75 Å². The number of ether oxygens (including phenoxy) is 1. The molecule has 0 aliphatic heterocycles. The molecular formula is C24H28Cl2N2O4. The van der Waals surface area contributed by atoms with E-state index in [0.29, 0.717) is 33.9 Å². The number of benzene rings is 2. The van der Waals surface area contributed by atoms with Gasteiger partial charge in [-0.1, -0.05) is 35.3 Å². The van der Waals surface area contributed by atoms with Crippen LogP contribution in [0.4, 0.5) is 5.69 Å². The minimum absolute atomic E-state index is 0.144. The van der Waals surface area contributed by atoms with Crippen molar-refractivity contribution in [2.24, 2.45) is 5.92 Å². The lowest BCUT2D eigenvalue weighted by Gasteiger charge is -2.24. The maximum atomic E-state index is 12.7. The van der Waals surface area contributed by atoms with Crippen molar-refractivity contribution in [2.75, 3.05) is 18.4 Å². The minimum atomic E-state index is -1.31. The van der Waals surface area contributed by atoms with Gasteiger partial charge in [0.2, 0.25) is 5.91 Å². The molecule has 0 bridgehead atoms. The molecule has 6 nitrogen and oxygen atoms in total. The SMILES string of the molecule is Cc1cc(CN(CC(=O)Nc2ccc(Cl)cc2Cl)CC2CC2)ccc1OC(C)(C)C(=O)O. The highest BCUT2D eigenvalue weighted by Gasteiger charge is 2.30. The van der Waals surface area contributed by atoms with Crippen LogP contribution in [0.3, 0.4) is 0 Å². The number of halogens is 2. The number of hydrogen-bond donors (Lipinski definition) is 2. The number of carbonyl (C=O) groups is 2. The van der Waals surface area contributed by atoms with E-state index in [1.807, 2.05) is 19.1 Å². The summed E-state index contributed by atoms with van der Waals surface area (Å²) in [6, 6.07) is 10.6. The average molecular weight is 479 g/mol. The summed E-state index contributed by atoms with van der Waals surface area (Å²) < 4.78 is 5.68. The van der Waals surface area contributed by atoms with E-state index in [4.69, 9.17) is 27.9 Å². The van der Waals surface area contributed by atoms with Crippen LogP contribution >= 0.6 is 23.2 Å². The van der Waals surface area contributed by atoms with E-state index in [1.54, 1.807) is 24.3 Å². The number of rotatable bonds is 10. The number of aliphatic carboxylic acids is 1. The van der Waals surface area contributed by atoms with Crippen molar-refractivity contribution < 1.29 is 19.4 Å². The van der Waals surface area contributed by atoms with Crippen molar-refractivity contribution in [3.8, 4) is 5.75 Å². The molecule has 1 aliphatic rings. The molecule has 2 N–H and O–H groups in total. The Hall–Kier alpha value is -2.28. The second-order valence-corrected chi connectivity index (χ2v) is 9.65. The van der Waals surface area contributed by atoms with E-state index < -0.39 is 11.6 Å². The van der Waals surface area contributed by atoms with E-state index in [1.165, 1.54) is 26.7 Å². The van der Waals surface area contributed by atoms with Crippen LogP contribution in [0.2, 0.25) is 10.0 Å². The van der Waals surface area contributed by atoms with Gasteiger partial charge in [0.25, 0.3) is 0 Å². The molecule has 2 aromatic carbocycles. The van der Waals surface area contributed by atoms with E-state index in [0.717, 1.165) is 17.7 Å². The summed E-state index contributed by atoms with van der Waals surface area (Å²) in [5.74, 6) is -0.0230. The molecule has 0 saturated heterocycles. The van der Waals surface area contributed by atoms with Gasteiger partial charge in [0.05, 0.1) is 17.3 Å². The fraction of sp³-hybridized carbons (Fsp3) is 0.417. The maximum Gasteiger partial charge on any atom is 0.347 e. The van der Waals surface area contributed by atoms with Gasteiger partial charge in [0, 0.05) is 18.1 Å². The lowest BCUT2D eigenvalue weighted by atomic mass is 10.1. The van der Waals surface area contributed by atoms with Crippen LogP contribution in [0.25, 0.3) is 0 Å². The number of carboxylic acid groups (broad SMARTS) is 1. The fourth-order valence-corrected chi connectivity index (χ4v) is 3.79. The molecule has 0 aromatic heterocycles. The highest BCUT2D eigenvalue weighted by molar-refractivity contribution is 6.36. The minimum Gasteiger partial charge on any atom is -0.478 e. The Morgan fingerprint density at radius 1 is 1.19 bits per heavy atom. The van der Waals surface area contributed by atoms with Gasteiger partial charge >= 0.3 is 5.97 Å². The third-order valence-corrected chi connectivity index (χ3v) is 5.86. The van der Waals surface area contributed by atoms with Crippen LogP contribution in [0.15, 0.2) is 36.4 Å². The Labute approximate surface area is 198 Å². The fourth-order valence-electron chi connectivity index (χ4n) is 3.34. The van der Waals surface area contributed by atoms with Gasteiger partial charge in [0.15, 0.2) is 5.60 Å². The van der Waals surface area contributed by atoms with Gasteiger partial charge in [-0.3, -0.25) is 9.69 Å². The quantitative estimate of drug-likeness (QED) is 0.478. The molecular weight excluding hydrogens is 451 g/mol. The molecule has 0 atom stereocenters. The second-order valence-electron chi connectivity index (χ2n) is 8.80. The summed E-state index contributed by atoms with van der Waals surface area (Å²) in [4.78, 5) is 26.1. The number of nitrogens with one attached hydrogen (secondary N) is 1. The first kappa shape index (κ1) is 24.4. The summed E-state index contributed by atoms with van der Waals surface area (Å²) in [5, 5.41) is 13.1. The zero-order chi connectivity index (χ0) is 23.5. The summed E-state index contributed by atoms with van der Waals surface area (Å²) in [5.41, 5.74) is 1.10. The lowest BCUT2D eigenvalue weighted by molar-refractivity contribution is -0.152. The first-order chi connectivity index (χ1) is 15.0. The molecule has 0 heterocycles. The number of carboxylic acids is 1. The van der Waals surface area contributed by atoms with Crippen molar-refractivity contribution >= 4 is 40.8 Å². The second kappa shape index (κ2) is 10.1. The van der Waals surface area contributed by atoms with Gasteiger partial charge in [-0.2, -0.15) is 0 Å². The monoisotopic (exact) mass is 478 g/mol. The highest BCUT2D eigenvalue weighted by Crippen LogP contribution is 2.31. The van der Waals surface area contributed by atoms with E-state index in [9.17, 15) is 14.7 Å². The van der Waals surface area contributed by atoms with Crippen LogP contribution in [0.1, 0.15) is 37.8 Å². The zero-order valence-corrected chi connectivity index (χ0v) is 20.0. The smallest absolute Gasteiger partial charge is 0.347 e. The number of anilines is 1. The Morgan fingerprint density at radius 3 is 2.50 bits per heavy atom. The van der Waals surface area contributed by atoms with Crippen molar-refractivity contribution in [3.05, 3.63) is 57.6 Å². The van der Waals surface area contributed by atoms with Crippen molar-refractivity contribution in [1.82, 2.24) is 4.90 Å². The molecule has 8 heteroatoms. The Bertz CT molecular complexity index is 1010. The van der Waals surface area contributed by atoms with Crippen LogP contribution in [-0.4, -0.2) is 40.6 Å². The van der Waals surface area contributed by atoms with Crippen molar-refractivity contribution in [1.29, 1.82) is 0 Å². The first-order valence-electron chi connectivity index (χ1n) is 10.5. The number of aryl methyl sites for hydroxylation is 1. The zero-order valence-electron chi connectivity index (χ0n) is 18.5. The lowest BCUT2D eigenvalue weighted by Crippen LogP contribution is -2.38. The van der Waals surface area contributed by atoms with E-state index in [2.05, 4.69) is 10.2 Å². The average Bonchev–Trinajstić information content (AvgIpc) is 3.50. The number of carbonyl (C=O) groups excluding carboxylic acids is 1. The number of hydrogen-bond acceptors (Lipinski definition) is 4. The van der Waals surface area contributed by atoms with Crippen LogP contribution in [-0.2, 0) is 16.1 Å². The summed E-state index contributed by atoms with van der Waals surface area (Å²) in [6.45, 7) is 6.60. The van der Waals surface area contributed by atoms with E-state index >= 15 is 0 Å². The number of nitrogens with zero attached hydrogens (tertiary/aromatic N) is 1. The standard InChI is InChI=1S/C24H28Cl2N2O4/c1-15-10-17(6-9-21(15)32-24(2,3)23(30)31)13-28(12-16-4-5-16)14-22(29)27-20-8-7-18(25)11-19(20)26/h6-11,16H,4-5,12-14H2,1-3H3,(H,27,29)(H,30,31). The topological polar surface area (TPSA) is 78.9 Å². The molecule has 32 heavy (non-hydrogen) atoms. The molecule has 0 spiro atoms.